The summed E-state index contributed by atoms with van der Waals surface area (Å²) >= 11 is 5.96. The van der Waals surface area contributed by atoms with Gasteiger partial charge in [-0.25, -0.2) is 0 Å². The fourth-order valence-corrected chi connectivity index (χ4v) is 4.83. The number of halogens is 1. The Morgan fingerprint density at radius 3 is 2.39 bits per heavy atom. The Labute approximate surface area is 187 Å². The second-order valence-corrected chi connectivity index (χ2v) is 9.60. The van der Waals surface area contributed by atoms with Gasteiger partial charge in [0.05, 0.1) is 0 Å². The fraction of sp³-hybridized carbons (Fsp3) is 0.304. The van der Waals surface area contributed by atoms with Crippen LogP contribution in [0.3, 0.4) is 0 Å². The molecule has 6 nitrogen and oxygen atoms in total. The van der Waals surface area contributed by atoms with Crippen LogP contribution in [0.2, 0.25) is 5.15 Å². The average molecular weight is 459 g/mol. The lowest BCUT2D eigenvalue weighted by Gasteiger charge is -2.24. The Kier molecular flexibility index (Phi) is 6.43. The highest BCUT2D eigenvalue weighted by Crippen LogP contribution is 2.40. The third kappa shape index (κ3) is 5.17. The number of ether oxygens (including phenoxy) is 1. The largest absolute Gasteiger partial charge is 0.435 e. The summed E-state index contributed by atoms with van der Waals surface area (Å²) in [5.74, 6) is 0.844. The molecule has 162 valence electrons. The molecule has 2 aromatic carbocycles. The lowest BCUT2D eigenvalue weighted by Crippen LogP contribution is -2.11. The predicted octanol–water partition coefficient (Wildman–Crippen LogP) is 6.05. The van der Waals surface area contributed by atoms with Crippen molar-refractivity contribution in [1.82, 2.24) is 10.2 Å². The van der Waals surface area contributed by atoms with Gasteiger partial charge < -0.3 is 8.92 Å². The SMILES string of the molecule is Cc1ccc(S(=O)(=O)Oc2cc(Cl)nnc2Oc2ccccc2C2CCCCC2)cc1. The Morgan fingerprint density at radius 2 is 1.65 bits per heavy atom. The van der Waals surface area contributed by atoms with Crippen molar-refractivity contribution < 1.29 is 17.3 Å². The van der Waals surface area contributed by atoms with Crippen LogP contribution in [0, 0.1) is 6.92 Å². The van der Waals surface area contributed by atoms with E-state index in [-0.39, 0.29) is 21.7 Å². The van der Waals surface area contributed by atoms with Crippen molar-refractivity contribution >= 4 is 21.7 Å². The first-order chi connectivity index (χ1) is 14.9. The minimum atomic E-state index is -4.10. The number of hydrogen-bond donors (Lipinski definition) is 0. The summed E-state index contributed by atoms with van der Waals surface area (Å²) in [5.41, 5.74) is 2.02. The Balaban J connectivity index is 1.65. The predicted molar refractivity (Wildman–Crippen MR) is 118 cm³/mol. The number of aryl methyl sites for hydroxylation is 1. The van der Waals surface area contributed by atoms with Gasteiger partial charge >= 0.3 is 10.1 Å². The molecule has 0 N–H and O–H groups in total. The lowest BCUT2D eigenvalue weighted by molar-refractivity contribution is 0.394. The van der Waals surface area contributed by atoms with Crippen LogP contribution in [0.4, 0.5) is 0 Å². The number of hydrogen-bond acceptors (Lipinski definition) is 6. The zero-order valence-electron chi connectivity index (χ0n) is 17.1. The van der Waals surface area contributed by atoms with Crippen LogP contribution in [0.15, 0.2) is 59.5 Å². The molecule has 1 aliphatic carbocycles. The van der Waals surface area contributed by atoms with E-state index < -0.39 is 10.1 Å². The number of benzene rings is 2. The standard InChI is InChI=1S/C23H23ClN2O4S/c1-16-11-13-18(14-12-16)31(27,28)30-21-15-22(24)25-26-23(21)29-20-10-6-5-9-19(20)17-7-3-2-4-8-17/h5-6,9-15,17H,2-4,7-8H2,1H3. The van der Waals surface area contributed by atoms with Gasteiger partial charge in [-0.1, -0.05) is 66.8 Å². The summed E-state index contributed by atoms with van der Waals surface area (Å²) in [6.07, 6.45) is 5.80. The molecule has 31 heavy (non-hydrogen) atoms. The third-order valence-electron chi connectivity index (χ3n) is 5.38. The quantitative estimate of drug-likeness (QED) is 0.418. The average Bonchev–Trinajstić information content (AvgIpc) is 2.77. The van der Waals surface area contributed by atoms with Crippen LogP contribution in [-0.4, -0.2) is 18.6 Å². The van der Waals surface area contributed by atoms with Gasteiger partial charge in [0.25, 0.3) is 5.88 Å². The van der Waals surface area contributed by atoms with Gasteiger partial charge in [0, 0.05) is 6.07 Å². The number of rotatable bonds is 6. The van der Waals surface area contributed by atoms with Gasteiger partial charge in [0.2, 0.25) is 5.75 Å². The second-order valence-electron chi connectivity index (χ2n) is 7.66. The Bertz CT molecular complexity index is 1160. The summed E-state index contributed by atoms with van der Waals surface area (Å²) < 4.78 is 36.9. The van der Waals surface area contributed by atoms with Gasteiger partial charge in [-0.15, -0.1) is 10.2 Å². The summed E-state index contributed by atoms with van der Waals surface area (Å²) in [6, 6.07) is 15.4. The van der Waals surface area contributed by atoms with Gasteiger partial charge in [0.1, 0.15) is 10.6 Å². The summed E-state index contributed by atoms with van der Waals surface area (Å²) in [4.78, 5) is 0.0274. The molecular formula is C23H23ClN2O4S. The van der Waals surface area contributed by atoms with Crippen LogP contribution in [0.5, 0.6) is 17.4 Å². The molecule has 1 aromatic heterocycles. The maximum atomic E-state index is 12.8. The van der Waals surface area contributed by atoms with Crippen molar-refractivity contribution in [1.29, 1.82) is 0 Å². The molecule has 4 rings (SSSR count). The van der Waals surface area contributed by atoms with Crippen LogP contribution in [0.1, 0.15) is 49.1 Å². The fourth-order valence-electron chi connectivity index (χ4n) is 3.77. The van der Waals surface area contributed by atoms with E-state index in [9.17, 15) is 8.42 Å². The minimum absolute atomic E-state index is 0.00187. The molecule has 0 saturated heterocycles. The van der Waals surface area contributed by atoms with Crippen molar-refractivity contribution in [3.63, 3.8) is 0 Å². The van der Waals surface area contributed by atoms with E-state index in [1.54, 1.807) is 12.1 Å². The van der Waals surface area contributed by atoms with Gasteiger partial charge in [-0.3, -0.25) is 0 Å². The van der Waals surface area contributed by atoms with Gasteiger partial charge in [-0.2, -0.15) is 8.42 Å². The molecule has 1 fully saturated rings. The van der Waals surface area contributed by atoms with Gasteiger partial charge in [0.15, 0.2) is 5.15 Å². The molecule has 0 amide bonds. The summed E-state index contributed by atoms with van der Waals surface area (Å²) in [7, 11) is -4.10. The molecule has 3 aromatic rings. The molecule has 0 bridgehead atoms. The zero-order chi connectivity index (χ0) is 21.8. The van der Waals surface area contributed by atoms with Crippen molar-refractivity contribution in [3.05, 3.63) is 70.9 Å². The second kappa shape index (κ2) is 9.24. The van der Waals surface area contributed by atoms with E-state index in [0.29, 0.717) is 11.7 Å². The first-order valence-electron chi connectivity index (χ1n) is 10.2. The maximum Gasteiger partial charge on any atom is 0.339 e. The highest BCUT2D eigenvalue weighted by atomic mass is 35.5. The number of para-hydroxylation sites is 1. The molecule has 1 heterocycles. The van der Waals surface area contributed by atoms with Crippen molar-refractivity contribution in [2.24, 2.45) is 0 Å². The molecule has 0 aliphatic heterocycles. The topological polar surface area (TPSA) is 78.4 Å². The molecule has 1 aliphatic rings. The number of nitrogens with zero attached hydrogens (tertiary/aromatic N) is 2. The molecule has 0 unspecified atom stereocenters. The van der Waals surface area contributed by atoms with Crippen LogP contribution in [-0.2, 0) is 10.1 Å². The van der Waals surface area contributed by atoms with E-state index in [1.165, 1.54) is 37.5 Å². The van der Waals surface area contributed by atoms with Crippen LogP contribution >= 0.6 is 11.6 Å². The van der Waals surface area contributed by atoms with Crippen LogP contribution in [0.25, 0.3) is 0 Å². The highest BCUT2D eigenvalue weighted by molar-refractivity contribution is 7.87. The Morgan fingerprint density at radius 1 is 0.935 bits per heavy atom. The first kappa shape index (κ1) is 21.6. The van der Waals surface area contributed by atoms with E-state index in [4.69, 9.17) is 20.5 Å². The Hall–Kier alpha value is -2.64. The normalized spacial score (nSPS) is 14.9. The molecule has 1 saturated carbocycles. The molecular weight excluding hydrogens is 436 g/mol. The maximum absolute atomic E-state index is 12.8. The van der Waals surface area contributed by atoms with E-state index in [1.807, 2.05) is 31.2 Å². The van der Waals surface area contributed by atoms with Crippen molar-refractivity contribution in [2.45, 2.75) is 49.8 Å². The van der Waals surface area contributed by atoms with Crippen LogP contribution < -0.4 is 8.92 Å². The number of aromatic nitrogens is 2. The minimum Gasteiger partial charge on any atom is -0.435 e. The third-order valence-corrected chi connectivity index (χ3v) is 6.81. The van der Waals surface area contributed by atoms with E-state index in [2.05, 4.69) is 10.2 Å². The van der Waals surface area contributed by atoms with Gasteiger partial charge in [-0.05, 0) is 49.4 Å². The highest BCUT2D eigenvalue weighted by Gasteiger charge is 2.24. The lowest BCUT2D eigenvalue weighted by atomic mass is 9.84. The van der Waals surface area contributed by atoms with Crippen molar-refractivity contribution in [3.8, 4) is 17.4 Å². The van der Waals surface area contributed by atoms with Crippen molar-refractivity contribution in [2.75, 3.05) is 0 Å². The zero-order valence-corrected chi connectivity index (χ0v) is 18.7. The molecule has 0 radical (unpaired) electrons. The van der Waals surface area contributed by atoms with E-state index >= 15 is 0 Å². The summed E-state index contributed by atoms with van der Waals surface area (Å²) in [6.45, 7) is 1.87. The summed E-state index contributed by atoms with van der Waals surface area (Å²) in [5, 5.41) is 7.77. The molecule has 8 heteroatoms. The van der Waals surface area contributed by atoms with E-state index in [0.717, 1.165) is 24.0 Å². The smallest absolute Gasteiger partial charge is 0.339 e. The first-order valence-corrected chi connectivity index (χ1v) is 12.0. The molecule has 0 atom stereocenters. The monoisotopic (exact) mass is 458 g/mol. The molecule has 0 spiro atoms.